The molecule has 2 aromatic carbocycles. The molecule has 1 fully saturated rings. The van der Waals surface area contributed by atoms with E-state index in [9.17, 15) is 9.18 Å². The Morgan fingerprint density at radius 3 is 2.58 bits per heavy atom. The van der Waals surface area contributed by atoms with Crippen LogP contribution in [-0.4, -0.2) is 31.0 Å². The third-order valence-corrected chi connectivity index (χ3v) is 5.59. The van der Waals surface area contributed by atoms with Gasteiger partial charge in [0, 0.05) is 19.6 Å². The number of rotatable bonds is 3. The molecule has 0 radical (unpaired) electrons. The molecule has 136 valence electrons. The van der Waals surface area contributed by atoms with Crippen LogP contribution in [0.4, 0.5) is 4.39 Å². The topological polar surface area (TPSA) is 41.6 Å². The van der Waals surface area contributed by atoms with Crippen LogP contribution in [0.1, 0.15) is 29.5 Å². The number of fused-ring (bicyclic) bond motifs is 2. The quantitative estimate of drug-likeness (QED) is 0.921. The molecule has 26 heavy (non-hydrogen) atoms. The highest BCUT2D eigenvalue weighted by molar-refractivity contribution is 5.82. The van der Waals surface area contributed by atoms with Gasteiger partial charge in [-0.3, -0.25) is 9.69 Å². The largest absolute Gasteiger partial charge is 0.497 e. The van der Waals surface area contributed by atoms with E-state index < -0.39 is 0 Å². The Kier molecular flexibility index (Phi) is 4.41. The fourth-order valence-electron chi connectivity index (χ4n) is 4.20. The van der Waals surface area contributed by atoms with E-state index in [2.05, 4.69) is 16.3 Å². The van der Waals surface area contributed by atoms with Gasteiger partial charge in [0.15, 0.2) is 0 Å². The summed E-state index contributed by atoms with van der Waals surface area (Å²) in [5.41, 5.74) is 3.12. The van der Waals surface area contributed by atoms with Crippen LogP contribution in [0.15, 0.2) is 42.5 Å². The molecule has 2 aliphatic heterocycles. The van der Waals surface area contributed by atoms with Gasteiger partial charge in [-0.05, 0) is 53.8 Å². The SMILES string of the molecule is COc1ccc2c(c1)CC(=O)NC21CCN(Cc2ccc(F)cc2)CC1. The van der Waals surface area contributed by atoms with Gasteiger partial charge < -0.3 is 10.1 Å². The minimum atomic E-state index is -0.282. The zero-order valence-corrected chi connectivity index (χ0v) is 14.9. The van der Waals surface area contributed by atoms with Crippen LogP contribution in [0.2, 0.25) is 0 Å². The Labute approximate surface area is 153 Å². The van der Waals surface area contributed by atoms with Crippen LogP contribution >= 0.6 is 0 Å². The highest BCUT2D eigenvalue weighted by Gasteiger charge is 2.41. The molecule has 4 nitrogen and oxygen atoms in total. The maximum atomic E-state index is 13.1. The van der Waals surface area contributed by atoms with Crippen molar-refractivity contribution in [2.24, 2.45) is 0 Å². The summed E-state index contributed by atoms with van der Waals surface area (Å²) in [6.07, 6.45) is 2.16. The molecule has 0 saturated carbocycles. The average molecular weight is 354 g/mol. The summed E-state index contributed by atoms with van der Waals surface area (Å²) in [5, 5.41) is 3.26. The molecule has 1 saturated heterocycles. The summed E-state index contributed by atoms with van der Waals surface area (Å²) in [6.45, 7) is 2.59. The summed E-state index contributed by atoms with van der Waals surface area (Å²) in [5.74, 6) is 0.670. The first-order chi connectivity index (χ1) is 12.6. The highest BCUT2D eigenvalue weighted by atomic mass is 19.1. The maximum absolute atomic E-state index is 13.1. The summed E-state index contributed by atoms with van der Waals surface area (Å²) in [6, 6.07) is 12.7. The van der Waals surface area contributed by atoms with E-state index in [1.807, 2.05) is 24.3 Å². The molecule has 2 aliphatic rings. The van der Waals surface area contributed by atoms with Crippen molar-refractivity contribution in [2.75, 3.05) is 20.2 Å². The molecule has 0 aromatic heterocycles. The highest BCUT2D eigenvalue weighted by Crippen LogP contribution is 2.39. The molecule has 4 rings (SSSR count). The number of amides is 1. The number of piperidine rings is 1. The first-order valence-corrected chi connectivity index (χ1v) is 9.03. The standard InChI is InChI=1S/C21H23FN2O2/c1-26-18-6-7-19-16(12-18)13-20(25)23-21(19)8-10-24(11-9-21)14-15-2-4-17(22)5-3-15/h2-7,12H,8-11,13-14H2,1H3,(H,23,25). The van der Waals surface area contributed by atoms with Gasteiger partial charge in [-0.1, -0.05) is 18.2 Å². The molecular formula is C21H23FN2O2. The van der Waals surface area contributed by atoms with Crippen molar-refractivity contribution in [3.63, 3.8) is 0 Å². The fourth-order valence-corrected chi connectivity index (χ4v) is 4.20. The van der Waals surface area contributed by atoms with E-state index in [4.69, 9.17) is 4.74 Å². The molecule has 1 N–H and O–H groups in total. The van der Waals surface area contributed by atoms with Crippen LogP contribution in [0.25, 0.3) is 0 Å². The van der Waals surface area contributed by atoms with E-state index in [0.717, 1.165) is 49.4 Å². The number of nitrogens with zero attached hydrogens (tertiary/aromatic N) is 1. The average Bonchev–Trinajstić information content (AvgIpc) is 2.65. The zero-order valence-electron chi connectivity index (χ0n) is 14.9. The van der Waals surface area contributed by atoms with Crippen molar-refractivity contribution in [1.82, 2.24) is 10.2 Å². The van der Waals surface area contributed by atoms with E-state index >= 15 is 0 Å². The third-order valence-electron chi connectivity index (χ3n) is 5.59. The van der Waals surface area contributed by atoms with Gasteiger partial charge in [0.1, 0.15) is 11.6 Å². The second-order valence-corrected chi connectivity index (χ2v) is 7.23. The number of hydrogen-bond donors (Lipinski definition) is 1. The van der Waals surface area contributed by atoms with Gasteiger partial charge >= 0.3 is 0 Å². The lowest BCUT2D eigenvalue weighted by atomic mass is 9.75. The molecule has 0 aliphatic carbocycles. The Morgan fingerprint density at radius 1 is 1.15 bits per heavy atom. The number of hydrogen-bond acceptors (Lipinski definition) is 3. The lowest BCUT2D eigenvalue weighted by Crippen LogP contribution is -2.56. The van der Waals surface area contributed by atoms with Crippen LogP contribution in [0.3, 0.4) is 0 Å². The number of nitrogens with one attached hydrogen (secondary N) is 1. The smallest absolute Gasteiger partial charge is 0.225 e. The monoisotopic (exact) mass is 354 g/mol. The van der Waals surface area contributed by atoms with Crippen molar-refractivity contribution in [1.29, 1.82) is 0 Å². The molecular weight excluding hydrogens is 331 g/mol. The Morgan fingerprint density at radius 2 is 1.88 bits per heavy atom. The van der Waals surface area contributed by atoms with Gasteiger partial charge in [0.05, 0.1) is 19.1 Å². The van der Waals surface area contributed by atoms with E-state index in [-0.39, 0.29) is 17.3 Å². The Bertz CT molecular complexity index is 811. The van der Waals surface area contributed by atoms with Crippen LogP contribution in [-0.2, 0) is 23.3 Å². The number of halogens is 1. The lowest BCUT2D eigenvalue weighted by Gasteiger charge is -2.45. The molecule has 1 spiro atoms. The van der Waals surface area contributed by atoms with Gasteiger partial charge in [0.2, 0.25) is 5.91 Å². The van der Waals surface area contributed by atoms with Crippen molar-refractivity contribution < 1.29 is 13.9 Å². The number of benzene rings is 2. The molecule has 2 aromatic rings. The zero-order chi connectivity index (χ0) is 18.1. The van der Waals surface area contributed by atoms with Crippen LogP contribution in [0, 0.1) is 5.82 Å². The Hall–Kier alpha value is -2.40. The number of likely N-dealkylation sites (tertiary alicyclic amines) is 1. The van der Waals surface area contributed by atoms with Gasteiger partial charge in [0.25, 0.3) is 0 Å². The molecule has 0 atom stereocenters. The van der Waals surface area contributed by atoms with Gasteiger partial charge in [-0.2, -0.15) is 0 Å². The normalized spacial score (nSPS) is 19.1. The minimum absolute atomic E-state index is 0.0812. The van der Waals surface area contributed by atoms with Crippen molar-refractivity contribution >= 4 is 5.91 Å². The second-order valence-electron chi connectivity index (χ2n) is 7.23. The van der Waals surface area contributed by atoms with Crippen molar-refractivity contribution in [2.45, 2.75) is 31.3 Å². The summed E-state index contributed by atoms with van der Waals surface area (Å²) in [4.78, 5) is 14.7. The number of carbonyl (C=O) groups excluding carboxylic acids is 1. The predicted octanol–water partition coefficient (Wildman–Crippen LogP) is 3.00. The van der Waals surface area contributed by atoms with Gasteiger partial charge in [-0.25, -0.2) is 4.39 Å². The van der Waals surface area contributed by atoms with Crippen LogP contribution in [0.5, 0.6) is 5.75 Å². The second kappa shape index (κ2) is 6.72. The van der Waals surface area contributed by atoms with Crippen molar-refractivity contribution in [3.8, 4) is 5.75 Å². The molecule has 0 unspecified atom stereocenters. The number of ether oxygens (including phenoxy) is 1. The summed E-state index contributed by atoms with van der Waals surface area (Å²) in [7, 11) is 1.65. The van der Waals surface area contributed by atoms with Crippen molar-refractivity contribution in [3.05, 3.63) is 65.0 Å². The molecule has 5 heteroatoms. The lowest BCUT2D eigenvalue weighted by molar-refractivity contribution is -0.124. The third kappa shape index (κ3) is 3.19. The maximum Gasteiger partial charge on any atom is 0.225 e. The first-order valence-electron chi connectivity index (χ1n) is 9.03. The predicted molar refractivity (Wildman–Crippen MR) is 97.4 cm³/mol. The molecule has 2 heterocycles. The molecule has 0 bridgehead atoms. The van der Waals surface area contributed by atoms with E-state index in [1.54, 1.807) is 7.11 Å². The van der Waals surface area contributed by atoms with E-state index in [1.165, 1.54) is 17.7 Å². The number of carbonyl (C=O) groups is 1. The fraction of sp³-hybridized carbons (Fsp3) is 0.381. The minimum Gasteiger partial charge on any atom is -0.497 e. The number of methoxy groups -OCH3 is 1. The van der Waals surface area contributed by atoms with Crippen LogP contribution < -0.4 is 10.1 Å². The summed E-state index contributed by atoms with van der Waals surface area (Å²) >= 11 is 0. The Balaban J connectivity index is 1.51. The summed E-state index contributed by atoms with van der Waals surface area (Å²) < 4.78 is 18.4. The molecule has 1 amide bonds. The first kappa shape index (κ1) is 17.0. The van der Waals surface area contributed by atoms with Gasteiger partial charge in [-0.15, -0.1) is 0 Å². The van der Waals surface area contributed by atoms with E-state index in [0.29, 0.717) is 6.42 Å².